The molecule has 0 heterocycles. The molecule has 1 aliphatic rings. The van der Waals surface area contributed by atoms with E-state index in [1.165, 1.54) is 0 Å². The molecular weight excluding hydrogens is 152 g/mol. The van der Waals surface area contributed by atoms with Crippen LogP contribution in [0.2, 0.25) is 0 Å². The van der Waals surface area contributed by atoms with Crippen molar-refractivity contribution in [2.75, 3.05) is 6.61 Å². The first-order chi connectivity index (χ1) is 5.46. The second-order valence-electron chi connectivity index (χ2n) is 4.62. The molecule has 1 saturated carbocycles. The maximum Gasteiger partial charge on any atom is 0.0725 e. The lowest BCUT2D eigenvalue weighted by Gasteiger charge is -2.52. The van der Waals surface area contributed by atoms with Crippen LogP contribution in [-0.4, -0.2) is 22.4 Å². The third-order valence-corrected chi connectivity index (χ3v) is 3.85. The summed E-state index contributed by atoms with van der Waals surface area (Å²) in [5.74, 6) is 0.327. The van der Waals surface area contributed by atoms with Crippen LogP contribution >= 0.6 is 0 Å². The summed E-state index contributed by atoms with van der Waals surface area (Å²) in [6.07, 6.45) is 2.79. The van der Waals surface area contributed by atoms with Crippen molar-refractivity contribution in [2.24, 2.45) is 11.3 Å². The summed E-state index contributed by atoms with van der Waals surface area (Å²) in [6.45, 7) is 6.19. The summed E-state index contributed by atoms with van der Waals surface area (Å²) in [4.78, 5) is 0. The standard InChI is InChI=1S/C10H20O2/c1-8(2)9(3,7-11)10(12)5-4-6-10/h8,11-12H,4-7H2,1-3H3. The highest BCUT2D eigenvalue weighted by atomic mass is 16.3. The van der Waals surface area contributed by atoms with Crippen molar-refractivity contribution in [3.63, 3.8) is 0 Å². The molecule has 2 heteroatoms. The largest absolute Gasteiger partial charge is 0.396 e. The third-order valence-electron chi connectivity index (χ3n) is 3.85. The average molecular weight is 172 g/mol. The molecule has 0 spiro atoms. The Morgan fingerprint density at radius 1 is 1.42 bits per heavy atom. The van der Waals surface area contributed by atoms with Gasteiger partial charge in [0.05, 0.1) is 12.2 Å². The zero-order chi connectivity index (χ0) is 9.41. The normalized spacial score (nSPS) is 26.5. The van der Waals surface area contributed by atoms with Gasteiger partial charge in [-0.1, -0.05) is 20.8 Å². The molecule has 0 aromatic rings. The Labute approximate surface area is 74.6 Å². The number of hydrogen-bond donors (Lipinski definition) is 2. The minimum absolute atomic E-state index is 0.0845. The van der Waals surface area contributed by atoms with Gasteiger partial charge in [0.1, 0.15) is 0 Å². The van der Waals surface area contributed by atoms with Crippen molar-refractivity contribution in [3.05, 3.63) is 0 Å². The number of hydrogen-bond acceptors (Lipinski definition) is 2. The van der Waals surface area contributed by atoms with E-state index in [-0.39, 0.29) is 12.0 Å². The molecule has 12 heavy (non-hydrogen) atoms. The maximum atomic E-state index is 10.1. The topological polar surface area (TPSA) is 40.5 Å². The minimum Gasteiger partial charge on any atom is -0.396 e. The van der Waals surface area contributed by atoms with E-state index in [1.54, 1.807) is 0 Å². The summed E-state index contributed by atoms with van der Waals surface area (Å²) >= 11 is 0. The Morgan fingerprint density at radius 3 is 2.00 bits per heavy atom. The predicted molar refractivity (Wildman–Crippen MR) is 48.8 cm³/mol. The molecule has 1 rings (SSSR count). The molecule has 1 unspecified atom stereocenters. The summed E-state index contributed by atoms with van der Waals surface area (Å²) < 4.78 is 0. The zero-order valence-electron chi connectivity index (χ0n) is 8.30. The van der Waals surface area contributed by atoms with Crippen LogP contribution in [0.25, 0.3) is 0 Å². The molecule has 0 radical (unpaired) electrons. The molecule has 0 saturated heterocycles. The van der Waals surface area contributed by atoms with Crippen LogP contribution in [0.1, 0.15) is 40.0 Å². The lowest BCUT2D eigenvalue weighted by atomic mass is 9.58. The molecule has 2 N–H and O–H groups in total. The van der Waals surface area contributed by atoms with Crippen LogP contribution in [0.15, 0.2) is 0 Å². The summed E-state index contributed by atoms with van der Waals surface area (Å²) in [5, 5.41) is 19.4. The molecular formula is C10H20O2. The number of aliphatic hydroxyl groups excluding tert-OH is 1. The second kappa shape index (κ2) is 3.00. The smallest absolute Gasteiger partial charge is 0.0725 e. The predicted octanol–water partition coefficient (Wildman–Crippen LogP) is 1.56. The Morgan fingerprint density at radius 2 is 1.92 bits per heavy atom. The van der Waals surface area contributed by atoms with Gasteiger partial charge in [0.15, 0.2) is 0 Å². The maximum absolute atomic E-state index is 10.1. The third kappa shape index (κ3) is 1.17. The fourth-order valence-corrected chi connectivity index (χ4v) is 1.95. The molecule has 0 aromatic heterocycles. The van der Waals surface area contributed by atoms with Crippen molar-refractivity contribution in [3.8, 4) is 0 Å². The van der Waals surface area contributed by atoms with Gasteiger partial charge < -0.3 is 10.2 Å². The van der Waals surface area contributed by atoms with E-state index in [0.29, 0.717) is 5.92 Å². The molecule has 0 bridgehead atoms. The average Bonchev–Trinajstić information content (AvgIpc) is 1.98. The van der Waals surface area contributed by atoms with E-state index in [9.17, 15) is 10.2 Å². The van der Waals surface area contributed by atoms with E-state index in [4.69, 9.17) is 0 Å². The van der Waals surface area contributed by atoms with Gasteiger partial charge in [-0.15, -0.1) is 0 Å². The van der Waals surface area contributed by atoms with Crippen LogP contribution in [0.5, 0.6) is 0 Å². The van der Waals surface area contributed by atoms with Crippen LogP contribution in [0, 0.1) is 11.3 Å². The van der Waals surface area contributed by atoms with Crippen LogP contribution < -0.4 is 0 Å². The fourth-order valence-electron chi connectivity index (χ4n) is 1.95. The van der Waals surface area contributed by atoms with Gasteiger partial charge in [0.2, 0.25) is 0 Å². The van der Waals surface area contributed by atoms with E-state index >= 15 is 0 Å². The van der Waals surface area contributed by atoms with Crippen LogP contribution in [0.4, 0.5) is 0 Å². The first-order valence-electron chi connectivity index (χ1n) is 4.79. The van der Waals surface area contributed by atoms with Crippen molar-refractivity contribution in [1.29, 1.82) is 0 Å². The quantitative estimate of drug-likeness (QED) is 0.678. The van der Waals surface area contributed by atoms with Gasteiger partial charge in [-0.05, 0) is 25.2 Å². The van der Waals surface area contributed by atoms with Gasteiger partial charge in [-0.2, -0.15) is 0 Å². The molecule has 72 valence electrons. The van der Waals surface area contributed by atoms with Crippen molar-refractivity contribution >= 4 is 0 Å². The Hall–Kier alpha value is -0.0800. The Balaban J connectivity index is 2.78. The second-order valence-corrected chi connectivity index (χ2v) is 4.62. The molecule has 0 amide bonds. The van der Waals surface area contributed by atoms with E-state index in [1.807, 2.05) is 6.92 Å². The first-order valence-corrected chi connectivity index (χ1v) is 4.79. The van der Waals surface area contributed by atoms with Gasteiger partial charge in [-0.25, -0.2) is 0 Å². The first kappa shape index (κ1) is 10.0. The molecule has 2 nitrogen and oxygen atoms in total. The summed E-state index contributed by atoms with van der Waals surface area (Å²) in [6, 6.07) is 0. The van der Waals surface area contributed by atoms with E-state index in [2.05, 4.69) is 13.8 Å². The van der Waals surface area contributed by atoms with E-state index in [0.717, 1.165) is 19.3 Å². The molecule has 0 aliphatic heterocycles. The zero-order valence-corrected chi connectivity index (χ0v) is 8.30. The summed E-state index contributed by atoms with van der Waals surface area (Å²) in [7, 11) is 0. The highest BCUT2D eigenvalue weighted by Gasteiger charge is 2.51. The molecule has 1 aliphatic carbocycles. The number of rotatable bonds is 3. The van der Waals surface area contributed by atoms with Crippen molar-refractivity contribution in [1.82, 2.24) is 0 Å². The van der Waals surface area contributed by atoms with Gasteiger partial charge in [-0.3, -0.25) is 0 Å². The monoisotopic (exact) mass is 172 g/mol. The minimum atomic E-state index is -0.601. The Bertz CT molecular complexity index is 161. The fraction of sp³-hybridized carbons (Fsp3) is 1.00. The van der Waals surface area contributed by atoms with Crippen LogP contribution in [-0.2, 0) is 0 Å². The molecule has 1 atom stereocenters. The van der Waals surface area contributed by atoms with Gasteiger partial charge in [0.25, 0.3) is 0 Å². The SMILES string of the molecule is CC(C)C(C)(CO)C1(O)CCC1. The Kier molecular flexibility index (Phi) is 2.50. The highest BCUT2D eigenvalue weighted by Crippen LogP contribution is 2.49. The highest BCUT2D eigenvalue weighted by molar-refractivity contribution is 5.02. The summed E-state index contributed by atoms with van der Waals surface area (Å²) in [5.41, 5.74) is -0.916. The number of aliphatic hydroxyl groups is 2. The van der Waals surface area contributed by atoms with Gasteiger partial charge in [0, 0.05) is 5.41 Å². The van der Waals surface area contributed by atoms with Crippen molar-refractivity contribution < 1.29 is 10.2 Å². The molecule has 1 fully saturated rings. The lowest BCUT2D eigenvalue weighted by Crippen LogP contribution is -2.56. The molecule has 0 aromatic carbocycles. The van der Waals surface area contributed by atoms with Gasteiger partial charge >= 0.3 is 0 Å². The van der Waals surface area contributed by atoms with Crippen molar-refractivity contribution in [2.45, 2.75) is 45.6 Å². The lowest BCUT2D eigenvalue weighted by molar-refractivity contribution is -0.169. The van der Waals surface area contributed by atoms with Crippen LogP contribution in [0.3, 0.4) is 0 Å². The van der Waals surface area contributed by atoms with E-state index < -0.39 is 5.60 Å².